The van der Waals surface area contributed by atoms with Gasteiger partial charge in [0.05, 0.1) is 5.60 Å². The number of aromatic nitrogens is 2. The molecular formula is C15H26N4O. The molecule has 20 heavy (non-hydrogen) atoms. The monoisotopic (exact) mass is 278 g/mol. The van der Waals surface area contributed by atoms with Gasteiger partial charge in [0.2, 0.25) is 0 Å². The predicted octanol–water partition coefficient (Wildman–Crippen LogP) is 2.61. The minimum absolute atomic E-state index is 0.0753. The highest BCUT2D eigenvalue weighted by molar-refractivity contribution is 5.50. The molecule has 2 rings (SSSR count). The van der Waals surface area contributed by atoms with E-state index in [9.17, 15) is 0 Å². The van der Waals surface area contributed by atoms with E-state index in [0.29, 0.717) is 0 Å². The van der Waals surface area contributed by atoms with E-state index in [1.165, 1.54) is 0 Å². The van der Waals surface area contributed by atoms with Crippen LogP contribution in [-0.4, -0.2) is 42.3 Å². The van der Waals surface area contributed by atoms with Crippen LogP contribution < -0.4 is 10.2 Å². The lowest BCUT2D eigenvalue weighted by molar-refractivity contribution is -0.00482. The van der Waals surface area contributed by atoms with Crippen LogP contribution in [0, 0.1) is 6.92 Å². The van der Waals surface area contributed by atoms with Crippen molar-refractivity contribution in [3.8, 4) is 0 Å². The van der Waals surface area contributed by atoms with Crippen LogP contribution >= 0.6 is 0 Å². The summed E-state index contributed by atoms with van der Waals surface area (Å²) in [6.45, 7) is 9.11. The van der Waals surface area contributed by atoms with Gasteiger partial charge in [0, 0.05) is 32.8 Å². The molecule has 5 nitrogen and oxygen atoms in total. The molecule has 1 aromatic rings. The molecule has 0 saturated carbocycles. The standard InChI is InChI=1S/C15H26N4O/c1-5-8-16-13-10-14(18-12(2)17-13)19-9-6-7-15(3,11-19)20-4/h10H,5-9,11H2,1-4H3,(H,16,17,18). The van der Waals surface area contributed by atoms with Crippen molar-refractivity contribution in [1.29, 1.82) is 0 Å². The molecule has 112 valence electrons. The minimum Gasteiger partial charge on any atom is -0.377 e. The highest BCUT2D eigenvalue weighted by Crippen LogP contribution is 2.27. The second-order valence-corrected chi connectivity index (χ2v) is 5.76. The smallest absolute Gasteiger partial charge is 0.134 e. The number of methoxy groups -OCH3 is 1. The van der Waals surface area contributed by atoms with Crippen LogP contribution in [0.3, 0.4) is 0 Å². The second kappa shape index (κ2) is 6.39. The normalized spacial score (nSPS) is 22.9. The van der Waals surface area contributed by atoms with Crippen LogP contribution in [0.25, 0.3) is 0 Å². The van der Waals surface area contributed by atoms with Crippen LogP contribution in [-0.2, 0) is 4.74 Å². The molecule has 0 aromatic carbocycles. The third-order valence-corrected chi connectivity index (χ3v) is 3.86. The lowest BCUT2D eigenvalue weighted by Crippen LogP contribution is -2.47. The summed E-state index contributed by atoms with van der Waals surface area (Å²) in [5, 5.41) is 3.34. The maximum absolute atomic E-state index is 5.66. The molecule has 1 aromatic heterocycles. The predicted molar refractivity (Wildman–Crippen MR) is 82.4 cm³/mol. The molecule has 1 atom stereocenters. The molecule has 0 aliphatic carbocycles. The van der Waals surface area contributed by atoms with Gasteiger partial charge in [0.15, 0.2) is 0 Å². The van der Waals surface area contributed by atoms with Crippen LogP contribution in [0.5, 0.6) is 0 Å². The quantitative estimate of drug-likeness (QED) is 0.897. The van der Waals surface area contributed by atoms with Crippen molar-refractivity contribution in [3.05, 3.63) is 11.9 Å². The fourth-order valence-corrected chi connectivity index (χ4v) is 2.63. The van der Waals surface area contributed by atoms with Crippen molar-refractivity contribution >= 4 is 11.6 Å². The van der Waals surface area contributed by atoms with Crippen LogP contribution in [0.2, 0.25) is 0 Å². The van der Waals surface area contributed by atoms with Gasteiger partial charge in [-0.25, -0.2) is 9.97 Å². The summed E-state index contributed by atoms with van der Waals surface area (Å²) < 4.78 is 5.66. The second-order valence-electron chi connectivity index (χ2n) is 5.76. The summed E-state index contributed by atoms with van der Waals surface area (Å²) in [4.78, 5) is 11.3. The Bertz CT molecular complexity index is 451. The Hall–Kier alpha value is -1.36. The van der Waals surface area contributed by atoms with E-state index in [4.69, 9.17) is 4.74 Å². The fraction of sp³-hybridized carbons (Fsp3) is 0.733. The molecule has 1 aliphatic rings. The molecule has 1 saturated heterocycles. The number of piperidine rings is 1. The van der Waals surface area contributed by atoms with Gasteiger partial charge >= 0.3 is 0 Å². The van der Waals surface area contributed by atoms with Gasteiger partial charge in [-0.1, -0.05) is 6.92 Å². The van der Waals surface area contributed by atoms with Crippen molar-refractivity contribution < 1.29 is 4.74 Å². The van der Waals surface area contributed by atoms with E-state index in [-0.39, 0.29) is 5.60 Å². The summed E-state index contributed by atoms with van der Waals surface area (Å²) in [6, 6.07) is 2.05. The molecule has 1 unspecified atom stereocenters. The Kier molecular flexibility index (Phi) is 4.81. The average molecular weight is 278 g/mol. The molecule has 0 amide bonds. The topological polar surface area (TPSA) is 50.3 Å². The fourth-order valence-electron chi connectivity index (χ4n) is 2.63. The highest BCUT2D eigenvalue weighted by atomic mass is 16.5. The summed E-state index contributed by atoms with van der Waals surface area (Å²) in [5.41, 5.74) is -0.0753. The Morgan fingerprint density at radius 2 is 2.25 bits per heavy atom. The highest BCUT2D eigenvalue weighted by Gasteiger charge is 2.31. The number of aryl methyl sites for hydroxylation is 1. The SMILES string of the molecule is CCCNc1cc(N2CCCC(C)(OC)C2)nc(C)n1. The van der Waals surface area contributed by atoms with E-state index in [1.54, 1.807) is 7.11 Å². The van der Waals surface area contributed by atoms with Gasteiger partial charge in [-0.05, 0) is 33.1 Å². The molecule has 2 heterocycles. The van der Waals surface area contributed by atoms with E-state index in [0.717, 1.165) is 56.4 Å². The Labute approximate surface area is 121 Å². The lowest BCUT2D eigenvalue weighted by atomic mass is 9.95. The maximum atomic E-state index is 5.66. The first-order valence-corrected chi connectivity index (χ1v) is 7.46. The number of hydrogen-bond donors (Lipinski definition) is 1. The van der Waals surface area contributed by atoms with Crippen molar-refractivity contribution in [2.24, 2.45) is 0 Å². The molecule has 0 bridgehead atoms. The molecular weight excluding hydrogens is 252 g/mol. The lowest BCUT2D eigenvalue weighted by Gasteiger charge is -2.40. The summed E-state index contributed by atoms with van der Waals surface area (Å²) in [5.74, 6) is 2.73. The summed E-state index contributed by atoms with van der Waals surface area (Å²) in [6.07, 6.45) is 3.32. The Morgan fingerprint density at radius 3 is 2.95 bits per heavy atom. The van der Waals surface area contributed by atoms with E-state index in [2.05, 4.69) is 34.0 Å². The number of hydrogen-bond acceptors (Lipinski definition) is 5. The van der Waals surface area contributed by atoms with Gasteiger partial charge in [0.25, 0.3) is 0 Å². The maximum Gasteiger partial charge on any atom is 0.134 e. The molecule has 1 N–H and O–H groups in total. The van der Waals surface area contributed by atoms with E-state index >= 15 is 0 Å². The molecule has 0 radical (unpaired) electrons. The first kappa shape index (κ1) is 15.0. The zero-order chi connectivity index (χ0) is 14.6. The first-order valence-electron chi connectivity index (χ1n) is 7.46. The molecule has 0 spiro atoms. The Morgan fingerprint density at radius 1 is 1.45 bits per heavy atom. The molecule has 1 fully saturated rings. The first-order chi connectivity index (χ1) is 9.56. The van der Waals surface area contributed by atoms with E-state index in [1.807, 2.05) is 13.0 Å². The number of anilines is 2. The summed E-state index contributed by atoms with van der Waals surface area (Å²) >= 11 is 0. The third kappa shape index (κ3) is 3.60. The van der Waals surface area contributed by atoms with Gasteiger partial charge in [0.1, 0.15) is 17.5 Å². The number of rotatable bonds is 5. The van der Waals surface area contributed by atoms with Crippen molar-refractivity contribution in [2.45, 2.75) is 45.6 Å². The van der Waals surface area contributed by atoms with Crippen LogP contribution in [0.1, 0.15) is 38.9 Å². The van der Waals surface area contributed by atoms with Gasteiger partial charge in [-0.3, -0.25) is 0 Å². The van der Waals surface area contributed by atoms with E-state index < -0.39 is 0 Å². The van der Waals surface area contributed by atoms with Crippen molar-refractivity contribution in [3.63, 3.8) is 0 Å². The zero-order valence-corrected chi connectivity index (χ0v) is 13.1. The van der Waals surface area contributed by atoms with Gasteiger partial charge in [-0.2, -0.15) is 0 Å². The Balaban J connectivity index is 2.16. The number of ether oxygens (including phenoxy) is 1. The van der Waals surface area contributed by atoms with Crippen molar-refractivity contribution in [1.82, 2.24) is 9.97 Å². The zero-order valence-electron chi connectivity index (χ0n) is 13.1. The average Bonchev–Trinajstić information content (AvgIpc) is 2.44. The minimum atomic E-state index is -0.0753. The number of nitrogens with one attached hydrogen (secondary N) is 1. The van der Waals surface area contributed by atoms with Gasteiger partial charge < -0.3 is 15.0 Å². The third-order valence-electron chi connectivity index (χ3n) is 3.86. The molecule has 5 heteroatoms. The summed E-state index contributed by atoms with van der Waals surface area (Å²) in [7, 11) is 1.79. The van der Waals surface area contributed by atoms with Crippen LogP contribution in [0.15, 0.2) is 6.07 Å². The van der Waals surface area contributed by atoms with Crippen LogP contribution in [0.4, 0.5) is 11.6 Å². The number of nitrogens with zero attached hydrogens (tertiary/aromatic N) is 3. The largest absolute Gasteiger partial charge is 0.377 e. The van der Waals surface area contributed by atoms with Crippen molar-refractivity contribution in [2.75, 3.05) is 37.0 Å². The molecule has 1 aliphatic heterocycles. The van der Waals surface area contributed by atoms with Gasteiger partial charge in [-0.15, -0.1) is 0 Å².